The van der Waals surface area contributed by atoms with E-state index < -0.39 is 0 Å². The van der Waals surface area contributed by atoms with Crippen LogP contribution >= 0.6 is 0 Å². The van der Waals surface area contributed by atoms with Gasteiger partial charge in [0.2, 0.25) is 0 Å². The van der Waals surface area contributed by atoms with Gasteiger partial charge in [0.15, 0.2) is 0 Å². The maximum absolute atomic E-state index is 5.23. The highest BCUT2D eigenvalue weighted by molar-refractivity contribution is 5.76. The van der Waals surface area contributed by atoms with Crippen LogP contribution in [0.4, 0.5) is 0 Å². The van der Waals surface area contributed by atoms with Gasteiger partial charge in [0.05, 0.1) is 7.11 Å². The summed E-state index contributed by atoms with van der Waals surface area (Å²) >= 11 is 0. The van der Waals surface area contributed by atoms with Crippen LogP contribution in [-0.4, -0.2) is 7.11 Å². The van der Waals surface area contributed by atoms with Crippen molar-refractivity contribution in [2.45, 2.75) is 33.6 Å². The molecule has 0 bridgehead atoms. The smallest absolute Gasteiger partial charge is 0.119 e. The first-order valence-electron chi connectivity index (χ1n) is 6.89. The van der Waals surface area contributed by atoms with Crippen molar-refractivity contribution in [3.63, 3.8) is 0 Å². The zero-order valence-corrected chi connectivity index (χ0v) is 12.4. The van der Waals surface area contributed by atoms with Crippen LogP contribution in [0.2, 0.25) is 0 Å². The Kier molecular flexibility index (Phi) is 6.73. The fourth-order valence-electron chi connectivity index (χ4n) is 1.72. The van der Waals surface area contributed by atoms with E-state index in [0.717, 1.165) is 12.2 Å². The van der Waals surface area contributed by atoms with E-state index in [1.54, 1.807) is 7.11 Å². The summed E-state index contributed by atoms with van der Waals surface area (Å²) in [6.07, 6.45) is 11.0. The number of rotatable bonds is 2. The minimum Gasteiger partial charge on any atom is -0.497 e. The molecule has 19 heavy (non-hydrogen) atoms. The predicted octanol–water partition coefficient (Wildman–Crippen LogP) is 5.40. The lowest BCUT2D eigenvalue weighted by Gasteiger charge is -2.04. The Balaban J connectivity index is 0.000000550. The van der Waals surface area contributed by atoms with Gasteiger partial charge in [-0.05, 0) is 36.6 Å². The molecule has 1 aliphatic rings. The number of hydrogen-bond donors (Lipinski definition) is 0. The van der Waals surface area contributed by atoms with Gasteiger partial charge in [0, 0.05) is 0 Å². The second kappa shape index (κ2) is 8.36. The molecule has 0 fully saturated rings. The second-order valence-corrected chi connectivity index (χ2v) is 4.68. The summed E-state index contributed by atoms with van der Waals surface area (Å²) in [5, 5.41) is 0. The molecule has 0 amide bonds. The van der Waals surface area contributed by atoms with Crippen molar-refractivity contribution in [1.82, 2.24) is 0 Å². The molecule has 0 saturated carbocycles. The van der Waals surface area contributed by atoms with Gasteiger partial charge in [0.1, 0.15) is 5.75 Å². The van der Waals surface area contributed by atoms with Gasteiger partial charge in [-0.3, -0.25) is 0 Å². The van der Waals surface area contributed by atoms with Crippen LogP contribution < -0.4 is 4.74 Å². The summed E-state index contributed by atoms with van der Waals surface area (Å²) in [5.41, 5.74) is 3.81. The van der Waals surface area contributed by atoms with Crippen molar-refractivity contribution in [2.24, 2.45) is 0 Å². The molecule has 102 valence electrons. The van der Waals surface area contributed by atoms with E-state index in [0.29, 0.717) is 0 Å². The van der Waals surface area contributed by atoms with Gasteiger partial charge in [-0.25, -0.2) is 0 Å². The van der Waals surface area contributed by atoms with Crippen molar-refractivity contribution < 1.29 is 4.74 Å². The molecule has 1 heteroatoms. The summed E-state index contributed by atoms with van der Waals surface area (Å²) in [6.45, 7) is 6.40. The molecule has 1 aromatic carbocycles. The summed E-state index contributed by atoms with van der Waals surface area (Å²) in [5.74, 6) is 0.900. The molecule has 0 aromatic heterocycles. The SMILES string of the molecule is CCC.COc1cccc(C2=CC=C(C)CC=C2)c1. The monoisotopic (exact) mass is 256 g/mol. The van der Waals surface area contributed by atoms with Crippen molar-refractivity contribution in [2.75, 3.05) is 7.11 Å². The minimum atomic E-state index is 0.900. The lowest BCUT2D eigenvalue weighted by molar-refractivity contribution is 0.414. The van der Waals surface area contributed by atoms with E-state index in [2.05, 4.69) is 57.2 Å². The van der Waals surface area contributed by atoms with Crippen molar-refractivity contribution in [3.05, 3.63) is 59.7 Å². The third kappa shape index (κ3) is 5.17. The molecule has 0 unspecified atom stereocenters. The van der Waals surface area contributed by atoms with Crippen LogP contribution in [0.5, 0.6) is 5.75 Å². The zero-order valence-electron chi connectivity index (χ0n) is 12.4. The van der Waals surface area contributed by atoms with Gasteiger partial charge in [0.25, 0.3) is 0 Å². The molecule has 0 radical (unpaired) electrons. The first-order valence-corrected chi connectivity index (χ1v) is 6.89. The lowest BCUT2D eigenvalue weighted by Crippen LogP contribution is -1.85. The van der Waals surface area contributed by atoms with E-state index in [-0.39, 0.29) is 0 Å². The number of ether oxygens (including phenoxy) is 1. The van der Waals surface area contributed by atoms with Crippen LogP contribution in [0.1, 0.15) is 39.2 Å². The molecule has 2 rings (SSSR count). The third-order valence-corrected chi connectivity index (χ3v) is 2.69. The lowest BCUT2D eigenvalue weighted by atomic mass is 10.1. The quantitative estimate of drug-likeness (QED) is 0.688. The molecule has 0 N–H and O–H groups in total. The maximum Gasteiger partial charge on any atom is 0.119 e. The first kappa shape index (κ1) is 15.3. The Hall–Kier alpha value is -1.76. The van der Waals surface area contributed by atoms with Gasteiger partial charge in [-0.1, -0.05) is 62.3 Å². The average molecular weight is 256 g/mol. The van der Waals surface area contributed by atoms with E-state index in [4.69, 9.17) is 4.74 Å². The minimum absolute atomic E-state index is 0.900. The molecule has 1 nitrogen and oxygen atoms in total. The van der Waals surface area contributed by atoms with Gasteiger partial charge in [-0.15, -0.1) is 0 Å². The molecule has 0 aliphatic heterocycles. The number of methoxy groups -OCH3 is 1. The van der Waals surface area contributed by atoms with Gasteiger partial charge < -0.3 is 4.74 Å². The molecule has 1 aromatic rings. The molecule has 1 aliphatic carbocycles. The highest BCUT2D eigenvalue weighted by atomic mass is 16.5. The Morgan fingerprint density at radius 1 is 1.16 bits per heavy atom. The Bertz CT molecular complexity index is 478. The van der Waals surface area contributed by atoms with Crippen molar-refractivity contribution in [3.8, 4) is 5.75 Å². The summed E-state index contributed by atoms with van der Waals surface area (Å²) in [7, 11) is 1.69. The fourth-order valence-corrected chi connectivity index (χ4v) is 1.72. The second-order valence-electron chi connectivity index (χ2n) is 4.68. The molecule has 0 saturated heterocycles. The van der Waals surface area contributed by atoms with E-state index in [1.165, 1.54) is 23.1 Å². The van der Waals surface area contributed by atoms with Crippen LogP contribution in [0.15, 0.2) is 54.1 Å². The predicted molar refractivity (Wildman–Crippen MR) is 84.5 cm³/mol. The molecular weight excluding hydrogens is 232 g/mol. The first-order chi connectivity index (χ1) is 9.21. The molecule has 0 heterocycles. The Labute approximate surface area is 117 Å². The van der Waals surface area contributed by atoms with E-state index in [1.807, 2.05) is 12.1 Å². The largest absolute Gasteiger partial charge is 0.497 e. The highest BCUT2D eigenvalue weighted by Crippen LogP contribution is 2.23. The maximum atomic E-state index is 5.23. The standard InChI is InChI=1S/C15H16O.C3H8/c1-12-5-3-6-13(10-9-12)14-7-4-8-15(11-14)16-2;1-3-2/h3-4,6-11H,5H2,1-2H3;3H2,1-2H3. The summed E-state index contributed by atoms with van der Waals surface area (Å²) < 4.78 is 5.23. The van der Waals surface area contributed by atoms with Crippen LogP contribution in [0.25, 0.3) is 5.57 Å². The topological polar surface area (TPSA) is 9.23 Å². The van der Waals surface area contributed by atoms with E-state index in [9.17, 15) is 0 Å². The number of allylic oxidation sites excluding steroid dienone is 6. The third-order valence-electron chi connectivity index (χ3n) is 2.69. The number of hydrogen-bond acceptors (Lipinski definition) is 1. The number of benzene rings is 1. The Morgan fingerprint density at radius 3 is 2.58 bits per heavy atom. The molecular formula is C18H24O. The molecule has 0 atom stereocenters. The van der Waals surface area contributed by atoms with Crippen molar-refractivity contribution in [1.29, 1.82) is 0 Å². The van der Waals surface area contributed by atoms with Gasteiger partial charge >= 0.3 is 0 Å². The van der Waals surface area contributed by atoms with Crippen LogP contribution in [0, 0.1) is 0 Å². The Morgan fingerprint density at radius 2 is 1.89 bits per heavy atom. The van der Waals surface area contributed by atoms with Crippen molar-refractivity contribution >= 4 is 5.57 Å². The zero-order chi connectivity index (χ0) is 14.1. The normalized spacial score (nSPS) is 13.7. The average Bonchev–Trinajstić information content (AvgIpc) is 2.65. The highest BCUT2D eigenvalue weighted by Gasteiger charge is 2.01. The summed E-state index contributed by atoms with van der Waals surface area (Å²) in [4.78, 5) is 0. The summed E-state index contributed by atoms with van der Waals surface area (Å²) in [6, 6.07) is 8.15. The molecule has 0 spiro atoms. The van der Waals surface area contributed by atoms with Crippen LogP contribution in [0.3, 0.4) is 0 Å². The van der Waals surface area contributed by atoms with Gasteiger partial charge in [-0.2, -0.15) is 0 Å². The van der Waals surface area contributed by atoms with E-state index >= 15 is 0 Å². The van der Waals surface area contributed by atoms with Crippen LogP contribution in [-0.2, 0) is 0 Å². The fraction of sp³-hybridized carbons (Fsp3) is 0.333.